The number of sulfonamides is 1. The summed E-state index contributed by atoms with van der Waals surface area (Å²) in [4.78, 5) is 21.9. The maximum Gasteiger partial charge on any atom is 0.303 e. The van der Waals surface area contributed by atoms with Gasteiger partial charge in [-0.1, -0.05) is 6.92 Å². The van der Waals surface area contributed by atoms with Gasteiger partial charge in [0, 0.05) is 18.7 Å². The lowest BCUT2D eigenvalue weighted by Crippen LogP contribution is -2.29. The Hall–Kier alpha value is -1.93. The Balaban J connectivity index is 2.08. The molecule has 0 aliphatic carbocycles. The van der Waals surface area contributed by atoms with E-state index in [0.717, 1.165) is 0 Å². The number of fused-ring (bicyclic) bond motifs is 1. The van der Waals surface area contributed by atoms with Crippen molar-refractivity contribution in [3.63, 3.8) is 0 Å². The number of carboxylic acids is 1. The van der Waals surface area contributed by atoms with Gasteiger partial charge in [-0.3, -0.25) is 9.59 Å². The largest absolute Gasteiger partial charge is 0.481 e. The molecule has 1 atom stereocenters. The molecule has 114 valence electrons. The van der Waals surface area contributed by atoms with Gasteiger partial charge in [-0.25, -0.2) is 13.1 Å². The number of carbonyl (C=O) groups excluding carboxylic acids is 1. The maximum absolute atomic E-state index is 12.1. The highest BCUT2D eigenvalue weighted by molar-refractivity contribution is 7.89. The Morgan fingerprint density at radius 3 is 2.86 bits per heavy atom. The van der Waals surface area contributed by atoms with E-state index < -0.39 is 16.0 Å². The van der Waals surface area contributed by atoms with Gasteiger partial charge in [0.15, 0.2) is 0 Å². The number of rotatable bonds is 6. The third kappa shape index (κ3) is 3.79. The molecule has 1 aromatic carbocycles. The van der Waals surface area contributed by atoms with Crippen LogP contribution in [0.5, 0.6) is 0 Å². The van der Waals surface area contributed by atoms with Gasteiger partial charge in [0.1, 0.15) is 0 Å². The van der Waals surface area contributed by atoms with E-state index in [1.54, 1.807) is 13.0 Å². The standard InChI is InChI=1S/C13H16N2O5S/c1-8(4-13(17)18)7-14-21(19,20)10-2-3-11-9(5-10)6-12(16)15-11/h2-3,5,8,14H,4,6-7H2,1H3,(H,15,16)(H,17,18). The molecular weight excluding hydrogens is 296 g/mol. The lowest BCUT2D eigenvalue weighted by atomic mass is 10.1. The van der Waals surface area contributed by atoms with Crippen molar-refractivity contribution in [3.8, 4) is 0 Å². The lowest BCUT2D eigenvalue weighted by molar-refractivity contribution is -0.137. The first-order valence-electron chi connectivity index (χ1n) is 6.42. The van der Waals surface area contributed by atoms with Gasteiger partial charge in [0.2, 0.25) is 15.9 Å². The van der Waals surface area contributed by atoms with E-state index in [1.165, 1.54) is 12.1 Å². The molecule has 1 heterocycles. The zero-order valence-electron chi connectivity index (χ0n) is 11.4. The number of carboxylic acid groups (broad SMARTS) is 1. The van der Waals surface area contributed by atoms with Crippen LogP contribution in [0.25, 0.3) is 0 Å². The molecule has 1 aromatic rings. The second-order valence-electron chi connectivity index (χ2n) is 5.10. The summed E-state index contributed by atoms with van der Waals surface area (Å²) in [6.07, 6.45) is 0.0548. The number of amides is 1. The van der Waals surface area contributed by atoms with Crippen LogP contribution in [0.2, 0.25) is 0 Å². The van der Waals surface area contributed by atoms with Crippen LogP contribution < -0.4 is 10.0 Å². The molecule has 0 radical (unpaired) electrons. The highest BCUT2D eigenvalue weighted by Gasteiger charge is 2.22. The molecule has 0 fully saturated rings. The summed E-state index contributed by atoms with van der Waals surface area (Å²) >= 11 is 0. The van der Waals surface area contributed by atoms with Crippen molar-refractivity contribution in [2.75, 3.05) is 11.9 Å². The quantitative estimate of drug-likeness (QED) is 0.711. The minimum absolute atomic E-state index is 0.0445. The molecule has 8 heteroatoms. The highest BCUT2D eigenvalue weighted by Crippen LogP contribution is 2.25. The average molecular weight is 312 g/mol. The lowest BCUT2D eigenvalue weighted by Gasteiger charge is -2.11. The van der Waals surface area contributed by atoms with Gasteiger partial charge in [0.05, 0.1) is 11.3 Å². The highest BCUT2D eigenvalue weighted by atomic mass is 32.2. The monoisotopic (exact) mass is 312 g/mol. The van der Waals surface area contributed by atoms with E-state index in [9.17, 15) is 18.0 Å². The molecule has 2 rings (SSSR count). The van der Waals surface area contributed by atoms with Crippen LogP contribution in [-0.2, 0) is 26.0 Å². The Morgan fingerprint density at radius 2 is 2.19 bits per heavy atom. The van der Waals surface area contributed by atoms with Crippen LogP contribution in [0.4, 0.5) is 5.69 Å². The van der Waals surface area contributed by atoms with Crippen molar-refractivity contribution in [1.29, 1.82) is 0 Å². The first-order chi connectivity index (χ1) is 9.78. The van der Waals surface area contributed by atoms with Gasteiger partial charge in [-0.15, -0.1) is 0 Å². The average Bonchev–Trinajstić information content (AvgIpc) is 2.74. The van der Waals surface area contributed by atoms with Crippen molar-refractivity contribution >= 4 is 27.6 Å². The first-order valence-corrected chi connectivity index (χ1v) is 7.90. The Labute approximate surface area is 122 Å². The van der Waals surface area contributed by atoms with E-state index in [-0.39, 0.29) is 36.1 Å². The van der Waals surface area contributed by atoms with Gasteiger partial charge in [-0.05, 0) is 29.7 Å². The summed E-state index contributed by atoms with van der Waals surface area (Å²) in [5.41, 5.74) is 1.26. The van der Waals surface area contributed by atoms with Crippen LogP contribution in [0.3, 0.4) is 0 Å². The number of carbonyl (C=O) groups is 2. The van der Waals surface area contributed by atoms with E-state index in [4.69, 9.17) is 5.11 Å². The molecule has 21 heavy (non-hydrogen) atoms. The fourth-order valence-corrected chi connectivity index (χ4v) is 3.29. The second kappa shape index (κ2) is 5.82. The van der Waals surface area contributed by atoms with Crippen molar-refractivity contribution < 1.29 is 23.1 Å². The maximum atomic E-state index is 12.1. The Morgan fingerprint density at radius 1 is 1.48 bits per heavy atom. The topological polar surface area (TPSA) is 113 Å². The number of nitrogens with one attached hydrogen (secondary N) is 2. The second-order valence-corrected chi connectivity index (χ2v) is 6.87. The van der Waals surface area contributed by atoms with Gasteiger partial charge < -0.3 is 10.4 Å². The Kier molecular flexibility index (Phi) is 4.29. The molecule has 1 aliphatic rings. The van der Waals surface area contributed by atoms with Crippen LogP contribution in [-0.4, -0.2) is 31.9 Å². The molecule has 7 nitrogen and oxygen atoms in total. The van der Waals surface area contributed by atoms with E-state index in [0.29, 0.717) is 11.3 Å². The van der Waals surface area contributed by atoms with Crippen molar-refractivity contribution in [2.24, 2.45) is 5.92 Å². The summed E-state index contributed by atoms with van der Waals surface area (Å²) < 4.78 is 26.7. The van der Waals surface area contributed by atoms with Crippen molar-refractivity contribution in [3.05, 3.63) is 23.8 Å². The van der Waals surface area contributed by atoms with Crippen molar-refractivity contribution in [2.45, 2.75) is 24.7 Å². The normalized spacial score (nSPS) is 15.4. The predicted octanol–water partition coefficient (Wildman–Crippen LogP) is 0.570. The fourth-order valence-electron chi connectivity index (χ4n) is 2.08. The summed E-state index contributed by atoms with van der Waals surface area (Å²) in [7, 11) is -3.71. The van der Waals surface area contributed by atoms with Crippen LogP contribution in [0, 0.1) is 5.92 Å². The zero-order chi connectivity index (χ0) is 15.6. The number of aliphatic carboxylic acids is 1. The molecular formula is C13H16N2O5S. The number of hydrogen-bond acceptors (Lipinski definition) is 4. The molecule has 0 aromatic heterocycles. The van der Waals surface area contributed by atoms with E-state index in [1.807, 2.05) is 0 Å². The van der Waals surface area contributed by atoms with Crippen LogP contribution in [0.15, 0.2) is 23.1 Å². The number of anilines is 1. The van der Waals surface area contributed by atoms with E-state index in [2.05, 4.69) is 10.0 Å². The van der Waals surface area contributed by atoms with Crippen LogP contribution >= 0.6 is 0 Å². The summed E-state index contributed by atoms with van der Waals surface area (Å²) in [5.74, 6) is -1.44. The molecule has 0 saturated heterocycles. The minimum atomic E-state index is -3.71. The molecule has 1 unspecified atom stereocenters. The van der Waals surface area contributed by atoms with Gasteiger partial charge >= 0.3 is 5.97 Å². The first kappa shape index (κ1) is 15.5. The zero-order valence-corrected chi connectivity index (χ0v) is 12.2. The molecule has 1 amide bonds. The summed E-state index contributed by atoms with van der Waals surface area (Å²) in [5, 5.41) is 11.3. The third-order valence-electron chi connectivity index (χ3n) is 3.16. The smallest absolute Gasteiger partial charge is 0.303 e. The third-order valence-corrected chi connectivity index (χ3v) is 4.58. The van der Waals surface area contributed by atoms with Crippen molar-refractivity contribution in [1.82, 2.24) is 4.72 Å². The molecule has 0 saturated carbocycles. The molecule has 3 N–H and O–H groups in total. The number of benzene rings is 1. The number of hydrogen-bond donors (Lipinski definition) is 3. The minimum Gasteiger partial charge on any atom is -0.481 e. The molecule has 0 spiro atoms. The van der Waals surface area contributed by atoms with Crippen LogP contribution in [0.1, 0.15) is 18.9 Å². The fraction of sp³-hybridized carbons (Fsp3) is 0.385. The molecule has 0 bridgehead atoms. The Bertz CT molecular complexity index is 684. The summed E-state index contributed by atoms with van der Waals surface area (Å²) in [6, 6.07) is 4.42. The predicted molar refractivity (Wildman–Crippen MR) is 75.4 cm³/mol. The van der Waals surface area contributed by atoms with E-state index >= 15 is 0 Å². The van der Waals surface area contributed by atoms with Gasteiger partial charge in [-0.2, -0.15) is 0 Å². The van der Waals surface area contributed by atoms with Gasteiger partial charge in [0.25, 0.3) is 0 Å². The SMILES string of the molecule is CC(CNS(=O)(=O)c1ccc2c(c1)CC(=O)N2)CC(=O)O. The molecule has 1 aliphatic heterocycles. The summed E-state index contributed by atoms with van der Waals surface area (Å²) in [6.45, 7) is 1.70.